The first-order valence-electron chi connectivity index (χ1n) is 12.9. The quantitative estimate of drug-likeness (QED) is 0.405. The van der Waals surface area contributed by atoms with Crippen molar-refractivity contribution in [2.75, 3.05) is 54.4 Å². The standard InChI is InChI=1S/C26H29N9O4/c27-8-5-21(36)34-11-13-35(14-12-34)26-30-20-16-28-32-25(39)23(20)24(31-26)29-18-1-3-19(4-2-18)33-9-6-17(7-10-33)15-22(37)38/h1-4,16-17H,5-7,9-15H2,(H,32,39)(H,37,38)(H,29,30,31). The lowest BCUT2D eigenvalue weighted by Gasteiger charge is -2.34. The van der Waals surface area contributed by atoms with Gasteiger partial charge >= 0.3 is 5.97 Å². The Morgan fingerprint density at radius 3 is 2.44 bits per heavy atom. The first-order chi connectivity index (χ1) is 18.9. The molecule has 2 aliphatic rings. The molecule has 3 N–H and O–H groups in total. The number of piperidine rings is 1. The number of benzene rings is 1. The lowest BCUT2D eigenvalue weighted by molar-refractivity contribution is -0.138. The molecule has 0 spiro atoms. The summed E-state index contributed by atoms with van der Waals surface area (Å²) >= 11 is 0. The van der Waals surface area contributed by atoms with Gasteiger partial charge in [-0.2, -0.15) is 15.3 Å². The van der Waals surface area contributed by atoms with E-state index in [2.05, 4.69) is 30.4 Å². The van der Waals surface area contributed by atoms with Crippen molar-refractivity contribution in [3.8, 4) is 6.07 Å². The topological polar surface area (TPSA) is 171 Å². The Bertz CT molecular complexity index is 1450. The Morgan fingerprint density at radius 2 is 1.77 bits per heavy atom. The molecule has 0 atom stereocenters. The fraction of sp³-hybridized carbons (Fsp3) is 0.423. The summed E-state index contributed by atoms with van der Waals surface area (Å²) in [6.45, 7) is 3.51. The van der Waals surface area contributed by atoms with E-state index in [0.29, 0.717) is 48.8 Å². The summed E-state index contributed by atoms with van der Waals surface area (Å²) in [7, 11) is 0. The number of hydrogen-bond acceptors (Lipinski definition) is 10. The highest BCUT2D eigenvalue weighted by molar-refractivity contribution is 5.90. The number of aliphatic carboxylic acids is 1. The zero-order valence-corrected chi connectivity index (χ0v) is 21.3. The van der Waals surface area contributed by atoms with Crippen LogP contribution in [0.4, 0.5) is 23.1 Å². The van der Waals surface area contributed by atoms with Crippen LogP contribution in [-0.2, 0) is 9.59 Å². The lowest BCUT2D eigenvalue weighted by atomic mass is 9.93. The summed E-state index contributed by atoms with van der Waals surface area (Å²) in [4.78, 5) is 50.8. The molecule has 0 aliphatic carbocycles. The van der Waals surface area contributed by atoms with E-state index < -0.39 is 11.5 Å². The first kappa shape index (κ1) is 25.9. The van der Waals surface area contributed by atoms with Crippen LogP contribution in [0.5, 0.6) is 0 Å². The van der Waals surface area contributed by atoms with Crippen molar-refractivity contribution >= 4 is 45.9 Å². The molecule has 4 heterocycles. The molecule has 2 fully saturated rings. The van der Waals surface area contributed by atoms with Crippen molar-refractivity contribution in [2.24, 2.45) is 5.92 Å². The van der Waals surface area contributed by atoms with E-state index in [1.165, 1.54) is 6.20 Å². The van der Waals surface area contributed by atoms with Crippen LogP contribution in [0, 0.1) is 17.2 Å². The molecule has 13 nitrogen and oxygen atoms in total. The highest BCUT2D eigenvalue weighted by Gasteiger charge is 2.24. The van der Waals surface area contributed by atoms with E-state index in [0.717, 1.165) is 37.3 Å². The summed E-state index contributed by atoms with van der Waals surface area (Å²) < 4.78 is 0. The maximum Gasteiger partial charge on any atom is 0.303 e. The lowest BCUT2D eigenvalue weighted by Crippen LogP contribution is -2.49. The van der Waals surface area contributed by atoms with Crippen LogP contribution in [0.3, 0.4) is 0 Å². The molecule has 13 heteroatoms. The molecule has 0 saturated carbocycles. The van der Waals surface area contributed by atoms with Crippen molar-refractivity contribution in [3.05, 3.63) is 40.8 Å². The van der Waals surface area contributed by atoms with Crippen molar-refractivity contribution < 1.29 is 14.7 Å². The Balaban J connectivity index is 1.32. The number of nitrogens with zero attached hydrogens (tertiary/aromatic N) is 7. The van der Waals surface area contributed by atoms with Crippen LogP contribution in [0.1, 0.15) is 25.7 Å². The number of nitriles is 1. The van der Waals surface area contributed by atoms with Gasteiger partial charge in [0.05, 0.1) is 12.3 Å². The van der Waals surface area contributed by atoms with Gasteiger partial charge in [0.15, 0.2) is 0 Å². The number of anilines is 4. The molecule has 2 aromatic heterocycles. The van der Waals surface area contributed by atoms with Gasteiger partial charge in [0.25, 0.3) is 5.56 Å². The summed E-state index contributed by atoms with van der Waals surface area (Å²) in [5.74, 6) is 0.0534. The van der Waals surface area contributed by atoms with Gasteiger partial charge in [0, 0.05) is 57.1 Å². The molecule has 0 unspecified atom stereocenters. The number of piperazine rings is 1. The number of carbonyl (C=O) groups is 2. The van der Waals surface area contributed by atoms with E-state index in [-0.39, 0.29) is 24.7 Å². The van der Waals surface area contributed by atoms with Gasteiger partial charge < -0.3 is 25.1 Å². The van der Waals surface area contributed by atoms with E-state index in [4.69, 9.17) is 10.4 Å². The fourth-order valence-corrected chi connectivity index (χ4v) is 5.09. The van der Waals surface area contributed by atoms with Gasteiger partial charge in [-0.05, 0) is 43.0 Å². The monoisotopic (exact) mass is 531 g/mol. The average molecular weight is 532 g/mol. The van der Waals surface area contributed by atoms with Crippen LogP contribution in [0.25, 0.3) is 10.9 Å². The van der Waals surface area contributed by atoms with Gasteiger partial charge in [0.2, 0.25) is 11.9 Å². The highest BCUT2D eigenvalue weighted by atomic mass is 16.4. The van der Waals surface area contributed by atoms with Gasteiger partial charge in [-0.25, -0.2) is 10.1 Å². The molecular weight excluding hydrogens is 502 g/mol. The molecule has 0 radical (unpaired) electrons. The smallest absolute Gasteiger partial charge is 0.303 e. The summed E-state index contributed by atoms with van der Waals surface area (Å²) in [5.41, 5.74) is 1.78. The van der Waals surface area contributed by atoms with Gasteiger partial charge in [-0.1, -0.05) is 0 Å². The first-order valence-corrected chi connectivity index (χ1v) is 12.9. The highest BCUT2D eigenvalue weighted by Crippen LogP contribution is 2.28. The Kier molecular flexibility index (Phi) is 7.53. The van der Waals surface area contributed by atoms with E-state index in [9.17, 15) is 14.4 Å². The van der Waals surface area contributed by atoms with E-state index in [1.54, 1.807) is 4.90 Å². The SMILES string of the molecule is N#CCC(=O)N1CCN(c2nc(Nc3ccc(N4CCC(CC(=O)O)CC4)cc3)c3c(=O)[nH]ncc3n2)CC1. The third-order valence-corrected chi connectivity index (χ3v) is 7.22. The largest absolute Gasteiger partial charge is 0.481 e. The molecule has 1 amide bonds. The zero-order valence-electron chi connectivity index (χ0n) is 21.3. The minimum absolute atomic E-state index is 0.142. The Labute approximate surface area is 224 Å². The second kappa shape index (κ2) is 11.3. The number of aromatic nitrogens is 4. The van der Waals surface area contributed by atoms with Gasteiger partial charge in [-0.15, -0.1) is 0 Å². The van der Waals surface area contributed by atoms with Gasteiger partial charge in [-0.3, -0.25) is 14.4 Å². The van der Waals surface area contributed by atoms with Crippen LogP contribution in [-0.4, -0.2) is 81.3 Å². The van der Waals surface area contributed by atoms with E-state index >= 15 is 0 Å². The minimum atomic E-state index is -0.744. The van der Waals surface area contributed by atoms with Crippen molar-refractivity contribution in [1.29, 1.82) is 5.26 Å². The van der Waals surface area contributed by atoms with Crippen molar-refractivity contribution in [1.82, 2.24) is 25.1 Å². The molecule has 3 aromatic rings. The van der Waals surface area contributed by atoms with Gasteiger partial charge in [0.1, 0.15) is 23.1 Å². The molecule has 39 heavy (non-hydrogen) atoms. The number of fused-ring (bicyclic) bond motifs is 1. The number of aromatic amines is 1. The fourth-order valence-electron chi connectivity index (χ4n) is 5.09. The van der Waals surface area contributed by atoms with Crippen LogP contribution in [0.2, 0.25) is 0 Å². The second-order valence-electron chi connectivity index (χ2n) is 9.73. The normalized spacial score (nSPS) is 16.2. The number of carboxylic acid groups (broad SMARTS) is 1. The summed E-state index contributed by atoms with van der Waals surface area (Å²) in [5, 5.41) is 27.7. The molecule has 1 aromatic carbocycles. The molecule has 5 rings (SSSR count). The number of carboxylic acids is 1. The number of amides is 1. The molecule has 2 saturated heterocycles. The Morgan fingerprint density at radius 1 is 1.05 bits per heavy atom. The third kappa shape index (κ3) is 5.90. The van der Waals surface area contributed by atoms with Crippen LogP contribution in [0.15, 0.2) is 35.3 Å². The number of nitrogens with one attached hydrogen (secondary N) is 2. The number of hydrogen-bond donors (Lipinski definition) is 3. The number of rotatable bonds is 7. The average Bonchev–Trinajstić information content (AvgIpc) is 2.94. The number of H-pyrrole nitrogens is 1. The van der Waals surface area contributed by atoms with Crippen molar-refractivity contribution in [3.63, 3.8) is 0 Å². The third-order valence-electron chi connectivity index (χ3n) is 7.22. The van der Waals surface area contributed by atoms with E-state index in [1.807, 2.05) is 35.2 Å². The maximum absolute atomic E-state index is 12.6. The molecule has 2 aliphatic heterocycles. The van der Waals surface area contributed by atoms with Crippen LogP contribution < -0.4 is 20.7 Å². The molecule has 202 valence electrons. The summed E-state index contributed by atoms with van der Waals surface area (Å²) in [6.07, 6.45) is 3.25. The summed E-state index contributed by atoms with van der Waals surface area (Å²) in [6, 6.07) is 9.72. The maximum atomic E-state index is 12.6. The number of carbonyl (C=O) groups excluding carboxylic acids is 1. The predicted molar refractivity (Wildman–Crippen MR) is 144 cm³/mol. The van der Waals surface area contributed by atoms with Crippen LogP contribution >= 0.6 is 0 Å². The Hall–Kier alpha value is -4.73. The van der Waals surface area contributed by atoms with Crippen molar-refractivity contribution in [2.45, 2.75) is 25.7 Å². The molecule has 0 bridgehead atoms. The molecular formula is C26H29N9O4. The zero-order chi connectivity index (χ0) is 27.4. The predicted octanol–water partition coefficient (Wildman–Crippen LogP) is 1.71. The minimum Gasteiger partial charge on any atom is -0.481 e. The second-order valence-corrected chi connectivity index (χ2v) is 9.73.